The molecule has 10 heteroatoms. The van der Waals surface area contributed by atoms with Crippen molar-refractivity contribution < 1.29 is 37.9 Å². The van der Waals surface area contributed by atoms with Crippen molar-refractivity contribution in [1.82, 2.24) is 0 Å². The van der Waals surface area contributed by atoms with E-state index in [1.165, 1.54) is 6.92 Å². The van der Waals surface area contributed by atoms with Gasteiger partial charge in [-0.15, -0.1) is 0 Å². The van der Waals surface area contributed by atoms with E-state index in [0.717, 1.165) is 6.92 Å². The van der Waals surface area contributed by atoms with Crippen LogP contribution in [-0.2, 0) is 23.0 Å². The monoisotopic (exact) mass is 290 g/mol. The molecule has 0 aliphatic carbocycles. The molecule has 0 spiro atoms. The van der Waals surface area contributed by atoms with E-state index in [1.54, 1.807) is 0 Å². The quantitative estimate of drug-likeness (QED) is 0.569. The van der Waals surface area contributed by atoms with E-state index < -0.39 is 39.6 Å². The second-order valence-electron chi connectivity index (χ2n) is 3.16. The fraction of sp³-hybridized carbons (Fsp3) is 0.857. The molecule has 0 saturated heterocycles. The molecule has 0 fully saturated rings. The maximum Gasteiger partial charge on any atom is 0.345 e. The molecule has 0 aliphatic rings. The van der Waals surface area contributed by atoms with Crippen LogP contribution in [0.1, 0.15) is 20.3 Å². The Morgan fingerprint density at radius 3 is 2.18 bits per heavy atom. The van der Waals surface area contributed by atoms with Crippen molar-refractivity contribution in [3.05, 3.63) is 0 Å². The van der Waals surface area contributed by atoms with E-state index in [9.17, 15) is 13.9 Å². The minimum Gasteiger partial charge on any atom is -0.481 e. The van der Waals surface area contributed by atoms with Crippen molar-refractivity contribution in [3.63, 3.8) is 0 Å². The Balaban J connectivity index is 4.73. The number of aliphatic carboxylic acids is 1. The van der Waals surface area contributed by atoms with Crippen LogP contribution in [0, 0.1) is 0 Å². The van der Waals surface area contributed by atoms with Gasteiger partial charge in [0.1, 0.15) is 0 Å². The summed E-state index contributed by atoms with van der Waals surface area (Å²) in [6, 6.07) is 0. The molecule has 0 saturated carbocycles. The number of carboxylic acids is 1. The summed E-state index contributed by atoms with van der Waals surface area (Å²) in [4.78, 5) is 28.1. The maximum absolute atomic E-state index is 12.0. The predicted octanol–water partition coefficient (Wildman–Crippen LogP) is 1.23. The lowest BCUT2D eigenvalue weighted by Crippen LogP contribution is -2.12. The van der Waals surface area contributed by atoms with Gasteiger partial charge in [0.05, 0.1) is 19.6 Å². The van der Waals surface area contributed by atoms with Crippen LogP contribution < -0.4 is 0 Å². The highest BCUT2D eigenvalue weighted by molar-refractivity contribution is 7.71. The fourth-order valence-electron chi connectivity index (χ4n) is 0.877. The number of hydrogen-bond acceptors (Lipinski definition) is 5. The van der Waals surface area contributed by atoms with Crippen LogP contribution in [0.5, 0.6) is 0 Å². The second-order valence-corrected chi connectivity index (χ2v) is 7.89. The summed E-state index contributed by atoms with van der Waals surface area (Å²) in [5.41, 5.74) is 0. The Bertz CT molecular complexity index is 348. The van der Waals surface area contributed by atoms with E-state index in [4.69, 9.17) is 23.9 Å². The first-order valence-electron chi connectivity index (χ1n) is 4.79. The van der Waals surface area contributed by atoms with Crippen molar-refractivity contribution >= 4 is 21.2 Å². The van der Waals surface area contributed by atoms with Crippen LogP contribution in [0.15, 0.2) is 0 Å². The average Bonchev–Trinajstić information content (AvgIpc) is 2.15. The summed E-state index contributed by atoms with van der Waals surface area (Å²) in [5.74, 6) is -1.17. The molecule has 3 N–H and O–H groups in total. The number of rotatable bonds is 8. The van der Waals surface area contributed by atoms with Gasteiger partial charge in [-0.2, -0.15) is 0 Å². The minimum absolute atomic E-state index is 0.0608. The van der Waals surface area contributed by atoms with Gasteiger partial charge in [0.25, 0.3) is 0 Å². The fourth-order valence-corrected chi connectivity index (χ4v) is 3.96. The van der Waals surface area contributed by atoms with Crippen molar-refractivity contribution in [2.75, 3.05) is 13.2 Å². The summed E-state index contributed by atoms with van der Waals surface area (Å²) in [5, 5.41) is 6.75. The highest BCUT2D eigenvalue weighted by Crippen LogP contribution is 2.65. The minimum atomic E-state index is -4.63. The molecule has 0 aromatic rings. The predicted molar refractivity (Wildman–Crippen MR) is 58.9 cm³/mol. The zero-order valence-corrected chi connectivity index (χ0v) is 11.3. The van der Waals surface area contributed by atoms with Crippen molar-refractivity contribution in [3.8, 4) is 0 Å². The Morgan fingerprint density at radius 1 is 1.29 bits per heavy atom. The summed E-state index contributed by atoms with van der Waals surface area (Å²) < 4.78 is 32.5. The largest absolute Gasteiger partial charge is 0.481 e. The topological polar surface area (TPSA) is 130 Å². The zero-order chi connectivity index (χ0) is 13.7. The summed E-state index contributed by atoms with van der Waals surface area (Å²) in [7, 11) is -8.65. The molecule has 0 heterocycles. The van der Waals surface area contributed by atoms with Gasteiger partial charge in [0.2, 0.25) is 0 Å². The molecule has 0 rings (SSSR count). The van der Waals surface area contributed by atoms with Gasteiger partial charge in [-0.05, 0) is 13.8 Å². The third-order valence-electron chi connectivity index (χ3n) is 1.84. The Kier molecular flexibility index (Phi) is 6.55. The lowest BCUT2D eigenvalue weighted by Gasteiger charge is -2.23. The van der Waals surface area contributed by atoms with Gasteiger partial charge in [0.15, 0.2) is 5.40 Å². The molecule has 0 aromatic carbocycles. The van der Waals surface area contributed by atoms with Crippen molar-refractivity contribution in [1.29, 1.82) is 0 Å². The SMILES string of the molecule is CCOP(=O)(OCCC(=O)O)C(C)P(=O)(O)O. The lowest BCUT2D eigenvalue weighted by molar-refractivity contribution is -0.137. The first-order valence-corrected chi connectivity index (χ1v) is 8.08. The Labute approximate surface area is 98.6 Å². The van der Waals surface area contributed by atoms with Crippen LogP contribution >= 0.6 is 15.2 Å². The van der Waals surface area contributed by atoms with Gasteiger partial charge in [0, 0.05) is 0 Å². The van der Waals surface area contributed by atoms with Crippen molar-refractivity contribution in [2.24, 2.45) is 0 Å². The third-order valence-corrected chi connectivity index (χ3v) is 6.64. The maximum atomic E-state index is 12.0. The van der Waals surface area contributed by atoms with Crippen LogP contribution in [0.2, 0.25) is 0 Å². The Morgan fingerprint density at radius 2 is 1.82 bits per heavy atom. The highest BCUT2D eigenvalue weighted by atomic mass is 31.2. The van der Waals surface area contributed by atoms with Gasteiger partial charge < -0.3 is 23.9 Å². The molecule has 0 aromatic heterocycles. The second kappa shape index (κ2) is 6.64. The molecule has 0 amide bonds. The molecular weight excluding hydrogens is 274 g/mol. The number of carbonyl (C=O) groups is 1. The normalized spacial score (nSPS) is 17.4. The molecule has 2 atom stereocenters. The summed E-state index contributed by atoms with van der Waals surface area (Å²) in [6.45, 7) is 2.03. The number of carboxylic acid groups (broad SMARTS) is 1. The highest BCUT2D eigenvalue weighted by Gasteiger charge is 2.43. The van der Waals surface area contributed by atoms with E-state index in [0.29, 0.717) is 0 Å². The summed E-state index contributed by atoms with van der Waals surface area (Å²) in [6.07, 6.45) is -0.426. The molecule has 102 valence electrons. The molecule has 2 unspecified atom stereocenters. The summed E-state index contributed by atoms with van der Waals surface area (Å²) >= 11 is 0. The van der Waals surface area contributed by atoms with Gasteiger partial charge in [-0.3, -0.25) is 13.9 Å². The standard InChI is InChI=1S/C7H16O8P2/c1-3-14-17(13,6(2)16(10,11)12)15-5-4-7(8)9/h6H,3-5H2,1-2H3,(H,8,9)(H2,10,11,12). The van der Waals surface area contributed by atoms with Gasteiger partial charge >= 0.3 is 21.2 Å². The smallest absolute Gasteiger partial charge is 0.345 e. The van der Waals surface area contributed by atoms with E-state index >= 15 is 0 Å². The Hall–Kier alpha value is -0.230. The van der Waals surface area contributed by atoms with Gasteiger partial charge in [-0.25, -0.2) is 0 Å². The molecule has 8 nitrogen and oxygen atoms in total. The molecule has 0 bridgehead atoms. The molecule has 0 aliphatic heterocycles. The van der Waals surface area contributed by atoms with E-state index in [-0.39, 0.29) is 6.61 Å². The zero-order valence-electron chi connectivity index (χ0n) is 9.48. The number of hydrogen-bond donors (Lipinski definition) is 3. The first-order chi connectivity index (χ1) is 7.63. The lowest BCUT2D eigenvalue weighted by atomic mass is 10.5. The third kappa shape index (κ3) is 5.77. The molecule has 0 radical (unpaired) electrons. The molecular formula is C7H16O8P2. The van der Waals surface area contributed by atoms with Crippen LogP contribution in [0.4, 0.5) is 0 Å². The average molecular weight is 290 g/mol. The van der Waals surface area contributed by atoms with Gasteiger partial charge in [-0.1, -0.05) is 0 Å². The van der Waals surface area contributed by atoms with E-state index in [2.05, 4.69) is 0 Å². The molecule has 17 heavy (non-hydrogen) atoms. The first kappa shape index (κ1) is 16.8. The van der Waals surface area contributed by atoms with Crippen molar-refractivity contribution in [2.45, 2.75) is 25.7 Å². The van der Waals surface area contributed by atoms with Crippen LogP contribution in [0.3, 0.4) is 0 Å². The van der Waals surface area contributed by atoms with E-state index in [1.807, 2.05) is 0 Å². The van der Waals surface area contributed by atoms with Crippen LogP contribution in [-0.4, -0.2) is 39.5 Å². The van der Waals surface area contributed by atoms with Crippen LogP contribution in [0.25, 0.3) is 0 Å².